The molecule has 3 nitrogen and oxygen atoms in total. The van der Waals surface area contributed by atoms with E-state index in [-0.39, 0.29) is 11.0 Å². The fourth-order valence-electron chi connectivity index (χ4n) is 0.795. The molecule has 0 bridgehead atoms. The highest BCUT2D eigenvalue weighted by atomic mass is 16.4. The Labute approximate surface area is 69.8 Å². The summed E-state index contributed by atoms with van der Waals surface area (Å²) in [6.45, 7) is -2.37. The lowest BCUT2D eigenvalue weighted by Gasteiger charge is -2.04. The van der Waals surface area contributed by atoms with Gasteiger partial charge in [0.1, 0.15) is 0 Å². The molecule has 0 heterocycles. The van der Waals surface area contributed by atoms with E-state index in [1.807, 2.05) is 0 Å². The van der Waals surface area contributed by atoms with Crippen LogP contribution in [0.25, 0.3) is 0 Å². The number of hydrogen-bond acceptors (Lipinski definition) is 3. The van der Waals surface area contributed by atoms with Crippen LogP contribution in [0.15, 0.2) is 18.2 Å². The third-order valence-electron chi connectivity index (χ3n) is 1.35. The van der Waals surface area contributed by atoms with Crippen molar-refractivity contribution in [1.82, 2.24) is 0 Å². The Morgan fingerprint density at radius 2 is 2.27 bits per heavy atom. The van der Waals surface area contributed by atoms with Crippen molar-refractivity contribution in [2.45, 2.75) is 6.85 Å². The highest BCUT2D eigenvalue weighted by Gasteiger charge is 2.13. The molecule has 11 heavy (non-hydrogen) atoms. The van der Waals surface area contributed by atoms with Gasteiger partial charge in [-0.05, 0) is 24.4 Å². The number of aryl methyl sites for hydroxylation is 1. The first-order chi connectivity index (χ1) is 6.32. The van der Waals surface area contributed by atoms with Crippen LogP contribution in [-0.4, -0.2) is 17.2 Å². The zero-order valence-electron chi connectivity index (χ0n) is 8.78. The summed E-state index contributed by atoms with van der Waals surface area (Å²) < 4.78 is 21.4. The molecule has 0 saturated carbocycles. The van der Waals surface area contributed by atoms with Gasteiger partial charge in [-0.3, -0.25) is 0 Å². The fraction of sp³-hybridized carbons (Fsp3) is 0.143. The zero-order chi connectivity index (χ0) is 10.9. The average molecular weight is 154 g/mol. The monoisotopic (exact) mass is 154 g/mol. The average Bonchev–Trinajstić information content (AvgIpc) is 2.01. The summed E-state index contributed by atoms with van der Waals surface area (Å²) in [5, 5.41) is 17.9. The number of nitrogens with two attached hydrogens (primary N) is 1. The van der Waals surface area contributed by atoms with Crippen LogP contribution in [0.4, 0.5) is 5.69 Å². The van der Waals surface area contributed by atoms with Crippen LogP contribution in [0.2, 0.25) is 0 Å². The minimum atomic E-state index is -2.37. The number of nitrogen functional groups attached to an aromatic ring is 1. The normalized spacial score (nSPS) is 14.9. The fourth-order valence-corrected chi connectivity index (χ4v) is 0.795. The standard InChI is InChI=1S/C7H10BNO2/c1-5-2-3-6(9)4-7(5)8(10)11/h2-4,10-11H,9H2,1H3/i1D3. The second kappa shape index (κ2) is 2.94. The van der Waals surface area contributed by atoms with Crippen LogP contribution >= 0.6 is 0 Å². The minimum Gasteiger partial charge on any atom is -0.423 e. The van der Waals surface area contributed by atoms with Crippen LogP contribution in [0.3, 0.4) is 0 Å². The Bertz CT molecular complexity index is 340. The minimum absolute atomic E-state index is 0.0787. The maximum atomic E-state index is 8.94. The predicted molar refractivity (Wildman–Crippen MR) is 45.4 cm³/mol. The number of anilines is 1. The molecule has 0 spiro atoms. The molecule has 4 N–H and O–H groups in total. The zero-order valence-corrected chi connectivity index (χ0v) is 5.78. The van der Waals surface area contributed by atoms with Gasteiger partial charge in [0.15, 0.2) is 0 Å². The van der Waals surface area contributed by atoms with Crippen molar-refractivity contribution in [3.8, 4) is 0 Å². The Morgan fingerprint density at radius 1 is 1.55 bits per heavy atom. The van der Waals surface area contributed by atoms with Gasteiger partial charge in [-0.25, -0.2) is 0 Å². The van der Waals surface area contributed by atoms with Gasteiger partial charge in [0.2, 0.25) is 0 Å². The van der Waals surface area contributed by atoms with Crippen LogP contribution in [0, 0.1) is 6.85 Å². The van der Waals surface area contributed by atoms with Crippen molar-refractivity contribution in [3.63, 3.8) is 0 Å². The third kappa shape index (κ3) is 1.72. The Balaban J connectivity index is 3.29. The number of rotatable bonds is 1. The second-order valence-corrected chi connectivity index (χ2v) is 2.22. The summed E-state index contributed by atoms with van der Waals surface area (Å²) in [4.78, 5) is 0. The van der Waals surface area contributed by atoms with Crippen LogP contribution in [0.5, 0.6) is 0 Å². The lowest BCUT2D eigenvalue weighted by molar-refractivity contribution is 0.425. The molecular formula is C7H10BNO2. The van der Waals surface area contributed by atoms with Crippen molar-refractivity contribution >= 4 is 18.3 Å². The molecule has 1 aromatic carbocycles. The highest BCUT2D eigenvalue weighted by Crippen LogP contribution is 2.01. The van der Waals surface area contributed by atoms with E-state index in [2.05, 4.69) is 0 Å². The molecule has 4 heteroatoms. The first kappa shape index (κ1) is 4.80. The summed E-state index contributed by atoms with van der Waals surface area (Å²) >= 11 is 0. The quantitative estimate of drug-likeness (QED) is 0.368. The van der Waals surface area contributed by atoms with Crippen molar-refractivity contribution < 1.29 is 14.2 Å². The molecule has 0 aliphatic rings. The highest BCUT2D eigenvalue weighted by molar-refractivity contribution is 6.59. The van der Waals surface area contributed by atoms with Crippen LogP contribution in [-0.2, 0) is 0 Å². The largest absolute Gasteiger partial charge is 0.488 e. The molecule has 0 radical (unpaired) electrons. The molecule has 0 unspecified atom stereocenters. The van der Waals surface area contributed by atoms with Gasteiger partial charge < -0.3 is 15.8 Å². The van der Waals surface area contributed by atoms with Gasteiger partial charge in [-0.2, -0.15) is 0 Å². The van der Waals surface area contributed by atoms with Gasteiger partial charge in [-0.1, -0.05) is 11.6 Å². The van der Waals surface area contributed by atoms with Crippen LogP contribution in [0.1, 0.15) is 9.68 Å². The van der Waals surface area contributed by atoms with E-state index in [0.717, 1.165) is 0 Å². The summed E-state index contributed by atoms with van der Waals surface area (Å²) in [7, 11) is -1.83. The van der Waals surface area contributed by atoms with Gasteiger partial charge in [0.25, 0.3) is 0 Å². The summed E-state index contributed by atoms with van der Waals surface area (Å²) in [6.07, 6.45) is 0. The first-order valence-electron chi connectivity index (χ1n) is 4.58. The Hall–Kier alpha value is -0.995. The topological polar surface area (TPSA) is 66.5 Å². The van der Waals surface area contributed by atoms with E-state index in [4.69, 9.17) is 19.9 Å². The first-order valence-corrected chi connectivity index (χ1v) is 3.08. The molecule has 58 valence electrons. The molecule has 0 saturated heterocycles. The Morgan fingerprint density at radius 3 is 2.82 bits per heavy atom. The molecule has 1 aromatic rings. The van der Waals surface area contributed by atoms with E-state index in [9.17, 15) is 0 Å². The number of benzene rings is 1. The van der Waals surface area contributed by atoms with Crippen molar-refractivity contribution in [3.05, 3.63) is 23.8 Å². The predicted octanol–water partition coefficient (Wildman–Crippen LogP) is -0.743. The lowest BCUT2D eigenvalue weighted by Crippen LogP contribution is -2.32. The van der Waals surface area contributed by atoms with Gasteiger partial charge in [0.05, 0.1) is 0 Å². The smallest absolute Gasteiger partial charge is 0.423 e. The maximum absolute atomic E-state index is 8.94. The summed E-state index contributed by atoms with van der Waals surface area (Å²) in [6, 6.07) is 3.93. The second-order valence-electron chi connectivity index (χ2n) is 2.22. The molecular weight excluding hydrogens is 141 g/mol. The van der Waals surface area contributed by atoms with E-state index in [0.29, 0.717) is 5.69 Å². The molecule has 0 amide bonds. The molecule has 0 fully saturated rings. The van der Waals surface area contributed by atoms with Gasteiger partial charge >= 0.3 is 7.12 Å². The van der Waals surface area contributed by atoms with Crippen molar-refractivity contribution in [1.29, 1.82) is 0 Å². The van der Waals surface area contributed by atoms with Gasteiger partial charge in [0, 0.05) is 9.80 Å². The molecule has 1 rings (SSSR count). The lowest BCUT2D eigenvalue weighted by atomic mass is 9.77. The summed E-state index contributed by atoms with van der Waals surface area (Å²) in [5.74, 6) is 0. The molecule has 0 aliphatic carbocycles. The Kier molecular flexibility index (Phi) is 1.28. The number of hydrogen-bond donors (Lipinski definition) is 3. The maximum Gasteiger partial charge on any atom is 0.488 e. The van der Waals surface area contributed by atoms with E-state index >= 15 is 0 Å². The van der Waals surface area contributed by atoms with E-state index < -0.39 is 14.0 Å². The van der Waals surface area contributed by atoms with Crippen LogP contribution < -0.4 is 11.2 Å². The third-order valence-corrected chi connectivity index (χ3v) is 1.35. The van der Waals surface area contributed by atoms with Gasteiger partial charge in [-0.15, -0.1) is 0 Å². The van der Waals surface area contributed by atoms with Crippen molar-refractivity contribution in [2.75, 3.05) is 5.73 Å². The van der Waals surface area contributed by atoms with E-state index in [1.165, 1.54) is 18.2 Å². The molecule has 0 aliphatic heterocycles. The summed E-state index contributed by atoms with van der Waals surface area (Å²) in [5.41, 5.74) is 5.52. The van der Waals surface area contributed by atoms with E-state index in [1.54, 1.807) is 0 Å². The SMILES string of the molecule is [2H]C([2H])([2H])c1ccc(N)cc1B(O)O. The molecule has 0 aromatic heterocycles. The van der Waals surface area contributed by atoms with Crippen molar-refractivity contribution in [2.24, 2.45) is 0 Å². The molecule has 0 atom stereocenters.